The Hall–Kier alpha value is -0.930. The summed E-state index contributed by atoms with van der Waals surface area (Å²) in [4.78, 5) is 0. The number of fused-ring (bicyclic) bond motifs is 1. The first-order chi connectivity index (χ1) is 5.66. The van der Waals surface area contributed by atoms with E-state index in [2.05, 4.69) is 0 Å². The second-order valence-corrected chi connectivity index (χ2v) is 3.89. The summed E-state index contributed by atoms with van der Waals surface area (Å²) in [5, 5.41) is 19.9. The lowest BCUT2D eigenvalue weighted by Gasteiger charge is -1.94. The highest BCUT2D eigenvalue weighted by atomic mass is 35.5. The lowest BCUT2D eigenvalue weighted by atomic mass is 10.2. The molecule has 0 saturated heterocycles. The third kappa shape index (κ3) is 1.11. The number of benzene rings is 1. The molecule has 2 N–H and O–H groups in total. The summed E-state index contributed by atoms with van der Waals surface area (Å²) in [6.07, 6.45) is 0. The van der Waals surface area contributed by atoms with Crippen LogP contribution in [0.4, 0.5) is 0 Å². The molecule has 0 aliphatic carbocycles. The maximum absolute atomic E-state index is 9.38. The van der Waals surface area contributed by atoms with Crippen molar-refractivity contribution in [2.24, 2.45) is 0 Å². The van der Waals surface area contributed by atoms with E-state index in [1.807, 2.05) is 0 Å². The first-order valence-electron chi connectivity index (χ1n) is 3.28. The van der Waals surface area contributed by atoms with E-state index in [0.29, 0.717) is 9.72 Å². The lowest BCUT2D eigenvalue weighted by Crippen LogP contribution is -1.66. The van der Waals surface area contributed by atoms with Gasteiger partial charge in [0.1, 0.15) is 5.75 Å². The molecule has 12 heavy (non-hydrogen) atoms. The summed E-state index contributed by atoms with van der Waals surface area (Å²) < 4.78 is 0.664. The van der Waals surface area contributed by atoms with E-state index in [-0.39, 0.29) is 10.8 Å². The average Bonchev–Trinajstić information content (AvgIpc) is 2.29. The summed E-state index contributed by atoms with van der Waals surface area (Å²) >= 11 is 6.83. The third-order valence-corrected chi connectivity index (χ3v) is 2.74. The molecule has 2 rings (SSSR count). The van der Waals surface area contributed by atoms with Gasteiger partial charge in [-0.15, -0.1) is 0 Å². The Labute approximate surface area is 77.6 Å². The standard InChI is InChI=1S/C8H5ClO2S/c9-5-1-4-2-7(11)12-8(4)6(10)3-5/h1-3,10-11H. The Morgan fingerprint density at radius 3 is 2.67 bits per heavy atom. The molecule has 0 amide bonds. The highest BCUT2D eigenvalue weighted by Crippen LogP contribution is 2.38. The predicted octanol–water partition coefficient (Wildman–Crippen LogP) is 2.97. The molecule has 0 radical (unpaired) electrons. The molecule has 0 saturated carbocycles. The van der Waals surface area contributed by atoms with Gasteiger partial charge in [0.15, 0.2) is 5.06 Å². The van der Waals surface area contributed by atoms with Crippen molar-refractivity contribution in [3.63, 3.8) is 0 Å². The molecule has 0 unspecified atom stereocenters. The number of aromatic hydroxyl groups is 2. The Morgan fingerprint density at radius 1 is 1.17 bits per heavy atom. The minimum atomic E-state index is 0.114. The van der Waals surface area contributed by atoms with Crippen LogP contribution in [0.1, 0.15) is 0 Å². The van der Waals surface area contributed by atoms with Gasteiger partial charge in [-0.05, 0) is 18.2 Å². The molecule has 4 heteroatoms. The SMILES string of the molecule is Oc1cc2cc(Cl)cc(O)c2s1. The van der Waals surface area contributed by atoms with E-state index in [1.54, 1.807) is 12.1 Å². The molecule has 1 aromatic heterocycles. The van der Waals surface area contributed by atoms with Crippen LogP contribution in [0.2, 0.25) is 5.02 Å². The van der Waals surface area contributed by atoms with Gasteiger partial charge in [-0.25, -0.2) is 0 Å². The van der Waals surface area contributed by atoms with Crippen molar-refractivity contribution in [3.05, 3.63) is 23.2 Å². The van der Waals surface area contributed by atoms with Gasteiger partial charge in [-0.1, -0.05) is 22.9 Å². The summed E-state index contributed by atoms with van der Waals surface area (Å²) in [5.41, 5.74) is 0. The van der Waals surface area contributed by atoms with E-state index in [0.717, 1.165) is 16.7 Å². The van der Waals surface area contributed by atoms with E-state index in [4.69, 9.17) is 16.7 Å². The minimum Gasteiger partial charge on any atom is -0.506 e. The second-order valence-electron chi connectivity index (χ2n) is 2.43. The average molecular weight is 201 g/mol. The molecule has 0 aliphatic heterocycles. The van der Waals surface area contributed by atoms with Crippen molar-refractivity contribution in [1.29, 1.82) is 0 Å². The molecule has 2 nitrogen and oxygen atoms in total. The maximum Gasteiger partial charge on any atom is 0.172 e. The molecule has 0 spiro atoms. The zero-order chi connectivity index (χ0) is 8.72. The third-order valence-electron chi connectivity index (χ3n) is 1.55. The fraction of sp³-hybridized carbons (Fsp3) is 0. The first kappa shape index (κ1) is 7.71. The number of hydrogen-bond acceptors (Lipinski definition) is 3. The second kappa shape index (κ2) is 2.54. The Morgan fingerprint density at radius 2 is 1.92 bits per heavy atom. The highest BCUT2D eigenvalue weighted by molar-refractivity contribution is 7.21. The molecule has 1 heterocycles. The van der Waals surface area contributed by atoms with Crippen molar-refractivity contribution in [1.82, 2.24) is 0 Å². The monoisotopic (exact) mass is 200 g/mol. The smallest absolute Gasteiger partial charge is 0.172 e. The maximum atomic E-state index is 9.38. The van der Waals surface area contributed by atoms with Gasteiger partial charge >= 0.3 is 0 Å². The van der Waals surface area contributed by atoms with Crippen molar-refractivity contribution < 1.29 is 10.2 Å². The largest absolute Gasteiger partial charge is 0.506 e. The quantitative estimate of drug-likeness (QED) is 0.687. The van der Waals surface area contributed by atoms with Crippen molar-refractivity contribution in [2.45, 2.75) is 0 Å². The van der Waals surface area contributed by atoms with Gasteiger partial charge in [0.05, 0.1) is 4.70 Å². The zero-order valence-corrected chi connectivity index (χ0v) is 7.49. The zero-order valence-electron chi connectivity index (χ0n) is 5.91. The number of phenols is 1. The lowest BCUT2D eigenvalue weighted by molar-refractivity contribution is 0.482. The van der Waals surface area contributed by atoms with Gasteiger partial charge in [0.2, 0.25) is 0 Å². The number of thiophene rings is 1. The van der Waals surface area contributed by atoms with Crippen LogP contribution in [-0.2, 0) is 0 Å². The van der Waals surface area contributed by atoms with Gasteiger partial charge in [0.25, 0.3) is 0 Å². The van der Waals surface area contributed by atoms with Crippen molar-refractivity contribution in [3.8, 4) is 10.8 Å². The fourth-order valence-electron chi connectivity index (χ4n) is 1.09. The van der Waals surface area contributed by atoms with Crippen molar-refractivity contribution >= 4 is 33.0 Å². The fourth-order valence-corrected chi connectivity index (χ4v) is 2.10. The van der Waals surface area contributed by atoms with Crippen LogP contribution in [0.25, 0.3) is 10.1 Å². The Kier molecular flexibility index (Phi) is 1.63. The van der Waals surface area contributed by atoms with Gasteiger partial charge < -0.3 is 10.2 Å². The van der Waals surface area contributed by atoms with Crippen LogP contribution in [-0.4, -0.2) is 10.2 Å². The van der Waals surface area contributed by atoms with Gasteiger partial charge in [0, 0.05) is 10.4 Å². The van der Waals surface area contributed by atoms with Crippen LogP contribution < -0.4 is 0 Å². The topological polar surface area (TPSA) is 40.5 Å². The number of rotatable bonds is 0. The van der Waals surface area contributed by atoms with Crippen LogP contribution >= 0.6 is 22.9 Å². The number of phenolic OH excluding ortho intramolecular Hbond substituents is 1. The van der Waals surface area contributed by atoms with E-state index >= 15 is 0 Å². The van der Waals surface area contributed by atoms with E-state index < -0.39 is 0 Å². The highest BCUT2D eigenvalue weighted by Gasteiger charge is 2.05. The summed E-state index contributed by atoms with van der Waals surface area (Å²) in [7, 11) is 0. The molecule has 0 aliphatic rings. The molecule has 62 valence electrons. The van der Waals surface area contributed by atoms with E-state index in [1.165, 1.54) is 6.07 Å². The Bertz CT molecular complexity index is 436. The number of hydrogen-bond donors (Lipinski definition) is 2. The number of halogens is 1. The van der Waals surface area contributed by atoms with Crippen LogP contribution in [0, 0.1) is 0 Å². The van der Waals surface area contributed by atoms with Gasteiger partial charge in [-0.2, -0.15) is 0 Å². The molecule has 2 aromatic rings. The molecular formula is C8H5ClO2S. The van der Waals surface area contributed by atoms with Gasteiger partial charge in [-0.3, -0.25) is 0 Å². The molecule has 0 atom stereocenters. The van der Waals surface area contributed by atoms with E-state index in [9.17, 15) is 5.11 Å². The minimum absolute atomic E-state index is 0.114. The predicted molar refractivity (Wildman–Crippen MR) is 50.2 cm³/mol. The Balaban J connectivity index is 2.88. The van der Waals surface area contributed by atoms with Crippen LogP contribution in [0.3, 0.4) is 0 Å². The normalized spacial score (nSPS) is 10.8. The molecular weight excluding hydrogens is 196 g/mol. The summed E-state index contributed by atoms with van der Waals surface area (Å²) in [6, 6.07) is 4.73. The van der Waals surface area contributed by atoms with Crippen LogP contribution in [0.15, 0.2) is 18.2 Å². The first-order valence-corrected chi connectivity index (χ1v) is 4.47. The molecule has 0 bridgehead atoms. The summed E-state index contributed by atoms with van der Waals surface area (Å²) in [6.45, 7) is 0. The van der Waals surface area contributed by atoms with Crippen LogP contribution in [0.5, 0.6) is 10.8 Å². The molecule has 0 fully saturated rings. The molecule has 1 aromatic carbocycles. The summed E-state index contributed by atoms with van der Waals surface area (Å²) in [5.74, 6) is 0.114. The van der Waals surface area contributed by atoms with Crippen molar-refractivity contribution in [2.75, 3.05) is 0 Å².